The minimum atomic E-state index is 0.0641. The van der Waals surface area contributed by atoms with E-state index in [9.17, 15) is 4.79 Å². The first-order valence-electron chi connectivity index (χ1n) is 5.33. The van der Waals surface area contributed by atoms with Crippen molar-refractivity contribution < 1.29 is 9.53 Å². The summed E-state index contributed by atoms with van der Waals surface area (Å²) in [5.41, 5.74) is 7.64. The third kappa shape index (κ3) is 2.17. The van der Waals surface area contributed by atoms with Crippen LogP contribution in [0.25, 0.3) is 0 Å². The molecule has 0 atom stereocenters. The molecule has 0 spiro atoms. The van der Waals surface area contributed by atoms with Crippen LogP contribution in [-0.2, 0) is 9.53 Å². The quantitative estimate of drug-likeness (QED) is 0.768. The molecule has 0 aliphatic carbocycles. The van der Waals surface area contributed by atoms with E-state index in [4.69, 9.17) is 10.5 Å². The van der Waals surface area contributed by atoms with E-state index >= 15 is 0 Å². The Balaban J connectivity index is 1.88. The number of hydrogen-bond acceptors (Lipinski definition) is 3. The Morgan fingerprint density at radius 1 is 1.44 bits per heavy atom. The molecular formula is C12H16N2O2. The monoisotopic (exact) mass is 220 g/mol. The number of rotatable bonds is 3. The number of methoxy groups -OCH3 is 1. The van der Waals surface area contributed by atoms with Crippen molar-refractivity contribution >= 4 is 11.6 Å². The van der Waals surface area contributed by atoms with E-state index in [-0.39, 0.29) is 12.5 Å². The average Bonchev–Trinajstić information content (AvgIpc) is 2.19. The number of amides is 1. The van der Waals surface area contributed by atoms with Crippen LogP contribution >= 0.6 is 0 Å². The van der Waals surface area contributed by atoms with Crippen LogP contribution < -0.4 is 5.73 Å². The van der Waals surface area contributed by atoms with Crippen LogP contribution in [0, 0.1) is 0 Å². The third-order valence-corrected chi connectivity index (χ3v) is 2.91. The number of likely N-dealkylation sites (tertiary alicyclic amines) is 1. The van der Waals surface area contributed by atoms with Crippen molar-refractivity contribution in [1.82, 2.24) is 4.90 Å². The van der Waals surface area contributed by atoms with Gasteiger partial charge in [0.1, 0.15) is 6.61 Å². The fourth-order valence-corrected chi connectivity index (χ4v) is 1.88. The normalized spacial score (nSPS) is 15.9. The first-order chi connectivity index (χ1) is 7.70. The molecule has 1 aliphatic heterocycles. The number of nitrogens with two attached hydrogens (primary N) is 1. The van der Waals surface area contributed by atoms with Crippen LogP contribution in [0.2, 0.25) is 0 Å². The molecule has 2 N–H and O–H groups in total. The molecule has 0 unspecified atom stereocenters. The standard InChI is InChI=1S/C12H16N2O2/c1-16-8-12(15)14-6-10(7-14)9-2-4-11(13)5-3-9/h2-5,10H,6-8,13H2,1H3. The fraction of sp³-hybridized carbons (Fsp3) is 0.417. The van der Waals surface area contributed by atoms with Crippen LogP contribution in [-0.4, -0.2) is 37.6 Å². The molecule has 86 valence electrons. The minimum absolute atomic E-state index is 0.0641. The van der Waals surface area contributed by atoms with Crippen molar-refractivity contribution in [3.05, 3.63) is 29.8 Å². The molecule has 1 fully saturated rings. The van der Waals surface area contributed by atoms with Gasteiger partial charge in [0.25, 0.3) is 0 Å². The van der Waals surface area contributed by atoms with E-state index in [2.05, 4.69) is 0 Å². The van der Waals surface area contributed by atoms with Gasteiger partial charge in [0.05, 0.1) is 0 Å². The van der Waals surface area contributed by atoms with Gasteiger partial charge < -0.3 is 15.4 Å². The van der Waals surface area contributed by atoms with Crippen molar-refractivity contribution in [2.45, 2.75) is 5.92 Å². The Hall–Kier alpha value is -1.55. The zero-order valence-electron chi connectivity index (χ0n) is 9.35. The minimum Gasteiger partial charge on any atom is -0.399 e. The summed E-state index contributed by atoms with van der Waals surface area (Å²) in [4.78, 5) is 13.2. The molecule has 1 heterocycles. The predicted octanol–water partition coefficient (Wildman–Crippen LogP) is 0.841. The Bertz CT molecular complexity index is 369. The van der Waals surface area contributed by atoms with Crippen molar-refractivity contribution in [3.63, 3.8) is 0 Å². The summed E-state index contributed by atoms with van der Waals surface area (Å²) >= 11 is 0. The van der Waals surface area contributed by atoms with E-state index < -0.39 is 0 Å². The zero-order chi connectivity index (χ0) is 11.5. The maximum Gasteiger partial charge on any atom is 0.248 e. The van der Waals surface area contributed by atoms with Gasteiger partial charge in [-0.2, -0.15) is 0 Å². The maximum atomic E-state index is 11.4. The van der Waals surface area contributed by atoms with Gasteiger partial charge in [0, 0.05) is 31.8 Å². The van der Waals surface area contributed by atoms with Gasteiger partial charge in [-0.25, -0.2) is 0 Å². The lowest BCUT2D eigenvalue weighted by atomic mass is 9.91. The molecule has 4 nitrogen and oxygen atoms in total. The Morgan fingerprint density at radius 3 is 2.62 bits per heavy atom. The molecule has 1 amide bonds. The summed E-state index contributed by atoms with van der Waals surface area (Å²) in [5, 5.41) is 0. The Morgan fingerprint density at radius 2 is 2.06 bits per heavy atom. The Kier molecular flexibility index (Phi) is 3.10. The van der Waals surface area contributed by atoms with Crippen molar-refractivity contribution in [2.24, 2.45) is 0 Å². The highest BCUT2D eigenvalue weighted by molar-refractivity contribution is 5.78. The number of ether oxygens (including phenoxy) is 1. The lowest BCUT2D eigenvalue weighted by Gasteiger charge is -2.39. The molecule has 1 aromatic carbocycles. The van der Waals surface area contributed by atoms with Gasteiger partial charge in [0.15, 0.2) is 0 Å². The van der Waals surface area contributed by atoms with E-state index in [1.54, 1.807) is 0 Å². The SMILES string of the molecule is COCC(=O)N1CC(c2ccc(N)cc2)C1. The van der Waals surface area contributed by atoms with Crippen LogP contribution in [0.4, 0.5) is 5.69 Å². The van der Waals surface area contributed by atoms with Crippen LogP contribution in [0.15, 0.2) is 24.3 Å². The van der Waals surface area contributed by atoms with Gasteiger partial charge in [-0.15, -0.1) is 0 Å². The van der Waals surface area contributed by atoms with Gasteiger partial charge in [-0.3, -0.25) is 4.79 Å². The number of carbonyl (C=O) groups is 1. The van der Waals surface area contributed by atoms with E-state index in [1.165, 1.54) is 12.7 Å². The molecule has 1 aliphatic rings. The molecule has 0 saturated carbocycles. The number of nitrogen functional groups attached to an aromatic ring is 1. The van der Waals surface area contributed by atoms with Gasteiger partial charge in [0.2, 0.25) is 5.91 Å². The second-order valence-electron chi connectivity index (χ2n) is 4.10. The summed E-state index contributed by atoms with van der Waals surface area (Å²) < 4.78 is 4.81. The molecule has 2 rings (SSSR count). The highest BCUT2D eigenvalue weighted by Gasteiger charge is 2.31. The summed E-state index contributed by atoms with van der Waals surface area (Å²) in [7, 11) is 1.54. The van der Waals surface area contributed by atoms with Crippen molar-refractivity contribution in [1.29, 1.82) is 0 Å². The van der Waals surface area contributed by atoms with Crippen molar-refractivity contribution in [2.75, 3.05) is 32.5 Å². The van der Waals surface area contributed by atoms with Crippen LogP contribution in [0.1, 0.15) is 11.5 Å². The second-order valence-corrected chi connectivity index (χ2v) is 4.10. The van der Waals surface area contributed by atoms with E-state index in [0.29, 0.717) is 5.92 Å². The molecule has 4 heteroatoms. The summed E-state index contributed by atoms with van der Waals surface area (Å²) in [5.74, 6) is 0.510. The topological polar surface area (TPSA) is 55.6 Å². The summed E-state index contributed by atoms with van der Waals surface area (Å²) in [6.07, 6.45) is 0. The van der Waals surface area contributed by atoms with Crippen LogP contribution in [0.3, 0.4) is 0 Å². The first-order valence-corrected chi connectivity index (χ1v) is 5.33. The molecule has 0 radical (unpaired) electrons. The molecular weight excluding hydrogens is 204 g/mol. The first kappa shape index (κ1) is 11.0. The third-order valence-electron chi connectivity index (χ3n) is 2.91. The fourth-order valence-electron chi connectivity index (χ4n) is 1.88. The number of nitrogens with zero attached hydrogens (tertiary/aromatic N) is 1. The molecule has 0 aromatic heterocycles. The smallest absolute Gasteiger partial charge is 0.248 e. The number of benzene rings is 1. The Labute approximate surface area is 95.0 Å². The number of anilines is 1. The van der Waals surface area contributed by atoms with Crippen molar-refractivity contribution in [3.8, 4) is 0 Å². The number of carbonyl (C=O) groups excluding carboxylic acids is 1. The van der Waals surface area contributed by atoms with Gasteiger partial charge in [-0.1, -0.05) is 12.1 Å². The molecule has 0 bridgehead atoms. The highest BCUT2D eigenvalue weighted by Crippen LogP contribution is 2.27. The highest BCUT2D eigenvalue weighted by atomic mass is 16.5. The molecule has 16 heavy (non-hydrogen) atoms. The molecule has 1 aromatic rings. The van der Waals surface area contributed by atoms with Crippen LogP contribution in [0.5, 0.6) is 0 Å². The van der Waals surface area contributed by atoms with Gasteiger partial charge >= 0.3 is 0 Å². The lowest BCUT2D eigenvalue weighted by Crippen LogP contribution is -2.49. The van der Waals surface area contributed by atoms with E-state index in [1.807, 2.05) is 29.2 Å². The number of hydrogen-bond donors (Lipinski definition) is 1. The van der Waals surface area contributed by atoms with E-state index in [0.717, 1.165) is 18.8 Å². The zero-order valence-corrected chi connectivity index (χ0v) is 9.35. The maximum absolute atomic E-state index is 11.4. The summed E-state index contributed by atoms with van der Waals surface area (Å²) in [6, 6.07) is 7.85. The predicted molar refractivity (Wildman–Crippen MR) is 62.1 cm³/mol. The summed E-state index contributed by atoms with van der Waals surface area (Å²) in [6.45, 7) is 1.74. The molecule has 1 saturated heterocycles. The average molecular weight is 220 g/mol. The van der Waals surface area contributed by atoms with Gasteiger partial charge in [-0.05, 0) is 17.7 Å². The lowest BCUT2D eigenvalue weighted by molar-refractivity contribution is -0.139. The largest absolute Gasteiger partial charge is 0.399 e. The second kappa shape index (κ2) is 4.53.